The summed E-state index contributed by atoms with van der Waals surface area (Å²) < 4.78 is 0. The highest BCUT2D eigenvalue weighted by atomic mass is 32.1. The number of aryl methyl sites for hydroxylation is 2. The molecule has 1 aromatic heterocycles. The van der Waals surface area contributed by atoms with Gasteiger partial charge in [0, 0.05) is 4.88 Å². The number of amides is 3. The van der Waals surface area contributed by atoms with Crippen LogP contribution in [0.2, 0.25) is 0 Å². The maximum absolute atomic E-state index is 12.5. The van der Waals surface area contributed by atoms with Gasteiger partial charge in [0.05, 0.1) is 4.88 Å². The first-order valence-electron chi connectivity index (χ1n) is 6.68. The molecular formula is C14H18N2O3S. The lowest BCUT2D eigenvalue weighted by atomic mass is 10.1. The molecule has 1 aromatic rings. The fraction of sp³-hybridized carbons (Fsp3) is 0.500. The minimum atomic E-state index is -0.614. The Hall–Kier alpha value is -1.69. The van der Waals surface area contributed by atoms with Crippen LogP contribution in [-0.2, 0) is 16.0 Å². The molecule has 3 amide bonds. The van der Waals surface area contributed by atoms with E-state index < -0.39 is 17.9 Å². The third-order valence-corrected chi connectivity index (χ3v) is 4.52. The standard InChI is InChI=1S/C14H18N2O3S/c1-4-5-10-6-11(20-9(10)3)14(19)16-7-12(17)15-13(18)8(16)2/h6,8H,4-5,7H2,1-3H3,(H,15,17,18). The molecule has 0 saturated carbocycles. The van der Waals surface area contributed by atoms with Crippen molar-refractivity contribution in [3.63, 3.8) is 0 Å². The van der Waals surface area contributed by atoms with E-state index in [1.807, 2.05) is 13.0 Å². The molecular weight excluding hydrogens is 276 g/mol. The van der Waals surface area contributed by atoms with Gasteiger partial charge in [-0.25, -0.2) is 0 Å². The Bertz CT molecular complexity index is 565. The third kappa shape index (κ3) is 2.75. The molecule has 1 aliphatic heterocycles. The highest BCUT2D eigenvalue weighted by Gasteiger charge is 2.34. The first kappa shape index (κ1) is 14.7. The van der Waals surface area contributed by atoms with E-state index in [9.17, 15) is 14.4 Å². The maximum atomic E-state index is 12.5. The van der Waals surface area contributed by atoms with Crippen LogP contribution in [0, 0.1) is 6.92 Å². The topological polar surface area (TPSA) is 66.5 Å². The van der Waals surface area contributed by atoms with Crippen LogP contribution in [0.15, 0.2) is 6.07 Å². The molecule has 0 aromatic carbocycles. The second kappa shape index (κ2) is 5.75. The van der Waals surface area contributed by atoms with Gasteiger partial charge >= 0.3 is 0 Å². The number of imide groups is 1. The van der Waals surface area contributed by atoms with E-state index in [1.54, 1.807) is 6.92 Å². The molecule has 108 valence electrons. The Morgan fingerprint density at radius 1 is 1.50 bits per heavy atom. The van der Waals surface area contributed by atoms with E-state index in [4.69, 9.17) is 0 Å². The minimum absolute atomic E-state index is 0.0637. The predicted molar refractivity (Wildman–Crippen MR) is 76.7 cm³/mol. The second-order valence-corrected chi connectivity index (χ2v) is 6.22. The van der Waals surface area contributed by atoms with Gasteiger partial charge in [-0.2, -0.15) is 0 Å². The fourth-order valence-electron chi connectivity index (χ4n) is 2.25. The summed E-state index contributed by atoms with van der Waals surface area (Å²) in [7, 11) is 0. The van der Waals surface area contributed by atoms with E-state index in [-0.39, 0.29) is 12.5 Å². The van der Waals surface area contributed by atoms with Gasteiger partial charge in [-0.1, -0.05) is 13.3 Å². The zero-order valence-corrected chi connectivity index (χ0v) is 12.7. The third-order valence-electron chi connectivity index (χ3n) is 3.44. The van der Waals surface area contributed by atoms with Gasteiger partial charge in [0.25, 0.3) is 5.91 Å². The normalized spacial score (nSPS) is 19.1. The Balaban J connectivity index is 2.24. The lowest BCUT2D eigenvalue weighted by molar-refractivity contribution is -0.138. The van der Waals surface area contributed by atoms with Crippen LogP contribution in [0.3, 0.4) is 0 Å². The van der Waals surface area contributed by atoms with E-state index in [0.717, 1.165) is 17.7 Å². The summed E-state index contributed by atoms with van der Waals surface area (Å²) >= 11 is 1.43. The summed E-state index contributed by atoms with van der Waals surface area (Å²) in [6, 6.07) is 1.27. The Kier molecular flexibility index (Phi) is 4.23. The number of nitrogens with one attached hydrogen (secondary N) is 1. The van der Waals surface area contributed by atoms with Crippen LogP contribution in [0.5, 0.6) is 0 Å². The first-order chi connectivity index (χ1) is 9.43. The van der Waals surface area contributed by atoms with Crippen LogP contribution in [0.1, 0.15) is 40.4 Å². The molecule has 0 aliphatic carbocycles. The van der Waals surface area contributed by atoms with E-state index >= 15 is 0 Å². The monoisotopic (exact) mass is 294 g/mol. The van der Waals surface area contributed by atoms with Crippen molar-refractivity contribution < 1.29 is 14.4 Å². The summed E-state index contributed by atoms with van der Waals surface area (Å²) in [5.41, 5.74) is 1.17. The Labute approximate surface area is 122 Å². The number of carbonyl (C=O) groups excluding carboxylic acids is 3. The van der Waals surface area contributed by atoms with Crippen molar-refractivity contribution in [2.24, 2.45) is 0 Å². The van der Waals surface area contributed by atoms with Crippen molar-refractivity contribution >= 4 is 29.1 Å². The largest absolute Gasteiger partial charge is 0.317 e. The summed E-state index contributed by atoms with van der Waals surface area (Å²) in [5.74, 6) is -1.09. The minimum Gasteiger partial charge on any atom is -0.317 e. The zero-order valence-electron chi connectivity index (χ0n) is 11.9. The summed E-state index contributed by atoms with van der Waals surface area (Å²) in [6.45, 7) is 5.65. The number of carbonyl (C=O) groups is 3. The fourth-order valence-corrected chi connectivity index (χ4v) is 3.27. The van der Waals surface area contributed by atoms with Crippen LogP contribution >= 0.6 is 11.3 Å². The van der Waals surface area contributed by atoms with Gasteiger partial charge in [0.2, 0.25) is 11.8 Å². The number of thiophene rings is 1. The summed E-state index contributed by atoms with van der Waals surface area (Å²) in [4.78, 5) is 38.5. The lowest BCUT2D eigenvalue weighted by Gasteiger charge is -2.31. The molecule has 1 aliphatic rings. The summed E-state index contributed by atoms with van der Waals surface area (Å²) in [5, 5.41) is 2.23. The van der Waals surface area contributed by atoms with Crippen molar-refractivity contribution in [3.05, 3.63) is 21.4 Å². The van der Waals surface area contributed by atoms with Crippen molar-refractivity contribution in [1.29, 1.82) is 0 Å². The van der Waals surface area contributed by atoms with Crippen molar-refractivity contribution in [2.45, 2.75) is 39.7 Å². The molecule has 1 atom stereocenters. The van der Waals surface area contributed by atoms with Crippen LogP contribution in [0.25, 0.3) is 0 Å². The van der Waals surface area contributed by atoms with Crippen molar-refractivity contribution in [2.75, 3.05) is 6.54 Å². The van der Waals surface area contributed by atoms with Crippen LogP contribution in [0.4, 0.5) is 0 Å². The van der Waals surface area contributed by atoms with Crippen LogP contribution in [-0.4, -0.2) is 35.2 Å². The average molecular weight is 294 g/mol. The molecule has 2 heterocycles. The molecule has 5 nitrogen and oxygen atoms in total. The quantitative estimate of drug-likeness (QED) is 0.859. The molecule has 0 bridgehead atoms. The van der Waals surface area contributed by atoms with Gasteiger partial charge in [0.1, 0.15) is 12.6 Å². The van der Waals surface area contributed by atoms with E-state index in [0.29, 0.717) is 4.88 Å². The van der Waals surface area contributed by atoms with Gasteiger partial charge in [-0.15, -0.1) is 11.3 Å². The molecule has 1 saturated heterocycles. The Morgan fingerprint density at radius 2 is 2.20 bits per heavy atom. The second-order valence-electron chi connectivity index (χ2n) is 4.96. The van der Waals surface area contributed by atoms with E-state index in [1.165, 1.54) is 21.8 Å². The van der Waals surface area contributed by atoms with Crippen molar-refractivity contribution in [3.8, 4) is 0 Å². The van der Waals surface area contributed by atoms with Gasteiger partial charge < -0.3 is 4.90 Å². The number of hydrogen-bond donors (Lipinski definition) is 1. The molecule has 2 rings (SSSR count). The molecule has 20 heavy (non-hydrogen) atoms. The highest BCUT2D eigenvalue weighted by Crippen LogP contribution is 2.25. The number of hydrogen-bond acceptors (Lipinski definition) is 4. The van der Waals surface area contributed by atoms with Crippen molar-refractivity contribution in [1.82, 2.24) is 10.2 Å². The van der Waals surface area contributed by atoms with Gasteiger partial charge in [0.15, 0.2) is 0 Å². The molecule has 1 unspecified atom stereocenters. The molecule has 0 radical (unpaired) electrons. The number of nitrogens with zero attached hydrogens (tertiary/aromatic N) is 1. The SMILES string of the molecule is CCCc1cc(C(=O)N2CC(=O)NC(=O)C2C)sc1C. The average Bonchev–Trinajstić information content (AvgIpc) is 2.75. The van der Waals surface area contributed by atoms with Gasteiger partial charge in [-0.3, -0.25) is 19.7 Å². The summed E-state index contributed by atoms with van der Waals surface area (Å²) in [6.07, 6.45) is 1.96. The molecule has 1 fully saturated rings. The Morgan fingerprint density at radius 3 is 2.85 bits per heavy atom. The smallest absolute Gasteiger partial charge is 0.265 e. The van der Waals surface area contributed by atoms with E-state index in [2.05, 4.69) is 12.2 Å². The van der Waals surface area contributed by atoms with Gasteiger partial charge in [-0.05, 0) is 31.9 Å². The molecule has 6 heteroatoms. The van der Waals surface area contributed by atoms with Crippen LogP contribution < -0.4 is 5.32 Å². The number of rotatable bonds is 3. The molecule has 1 N–H and O–H groups in total. The molecule has 0 spiro atoms. The lowest BCUT2D eigenvalue weighted by Crippen LogP contribution is -2.58. The number of piperazine rings is 1. The maximum Gasteiger partial charge on any atom is 0.265 e. The highest BCUT2D eigenvalue weighted by molar-refractivity contribution is 7.14. The predicted octanol–water partition coefficient (Wildman–Crippen LogP) is 1.50. The first-order valence-corrected chi connectivity index (χ1v) is 7.49. The zero-order chi connectivity index (χ0) is 14.9.